The van der Waals surface area contributed by atoms with E-state index in [0.717, 1.165) is 18.9 Å². The molecule has 110 valence electrons. The highest BCUT2D eigenvalue weighted by Gasteiger charge is 2.38. The van der Waals surface area contributed by atoms with E-state index in [0.29, 0.717) is 19.0 Å². The summed E-state index contributed by atoms with van der Waals surface area (Å²) >= 11 is 0. The van der Waals surface area contributed by atoms with Gasteiger partial charge in [-0.15, -0.1) is 0 Å². The summed E-state index contributed by atoms with van der Waals surface area (Å²) in [4.78, 5) is 16.1. The number of anilines is 1. The van der Waals surface area contributed by atoms with Crippen molar-refractivity contribution in [2.24, 2.45) is 5.92 Å². The van der Waals surface area contributed by atoms with E-state index < -0.39 is 23.4 Å². The summed E-state index contributed by atoms with van der Waals surface area (Å²) in [6, 6.07) is 2.32. The molecule has 0 atom stereocenters. The maximum Gasteiger partial charge on any atom is 0.434 e. The maximum absolute atomic E-state index is 12.9. The summed E-state index contributed by atoms with van der Waals surface area (Å²) in [6.07, 6.45) is -2.99. The van der Waals surface area contributed by atoms with Crippen LogP contribution in [0, 0.1) is 5.92 Å². The number of hydrogen-bond donors (Lipinski definition) is 1. The molecule has 2 heterocycles. The highest BCUT2D eigenvalue weighted by Crippen LogP contribution is 2.32. The van der Waals surface area contributed by atoms with Crippen LogP contribution in [0.4, 0.5) is 19.0 Å². The van der Waals surface area contributed by atoms with Crippen LogP contribution in [-0.2, 0) is 6.18 Å². The minimum atomic E-state index is -4.77. The van der Waals surface area contributed by atoms with Gasteiger partial charge in [-0.05, 0) is 30.9 Å². The van der Waals surface area contributed by atoms with E-state index in [4.69, 9.17) is 5.11 Å². The number of alkyl halides is 3. The minimum absolute atomic E-state index is 0.189. The Morgan fingerprint density at radius 2 is 1.95 bits per heavy atom. The van der Waals surface area contributed by atoms with Gasteiger partial charge >= 0.3 is 12.1 Å². The average Bonchev–Trinajstić information content (AvgIpc) is 2.38. The fourth-order valence-corrected chi connectivity index (χ4v) is 2.25. The Morgan fingerprint density at radius 1 is 1.35 bits per heavy atom. The van der Waals surface area contributed by atoms with Crippen LogP contribution >= 0.6 is 0 Å². The first-order valence-electron chi connectivity index (χ1n) is 6.35. The van der Waals surface area contributed by atoms with Crippen molar-refractivity contribution < 1.29 is 23.1 Å². The predicted octanol–water partition coefficient (Wildman–Crippen LogP) is 3.03. The van der Waals surface area contributed by atoms with Crippen molar-refractivity contribution in [1.82, 2.24) is 4.98 Å². The molecule has 4 nitrogen and oxygen atoms in total. The standard InChI is InChI=1S/C13H15F3N2O2/c1-8-4-6-18(7-5-8)10-3-2-9(12(19)20)11(17-10)13(14,15)16/h2-3,8H,4-7H2,1H3,(H,19,20). The lowest BCUT2D eigenvalue weighted by Crippen LogP contribution is -2.34. The molecule has 1 aliphatic heterocycles. The van der Waals surface area contributed by atoms with E-state index in [2.05, 4.69) is 11.9 Å². The number of nitrogens with zero attached hydrogens (tertiary/aromatic N) is 2. The van der Waals surface area contributed by atoms with Crippen LogP contribution in [0.5, 0.6) is 0 Å². The van der Waals surface area contributed by atoms with Gasteiger partial charge in [0.2, 0.25) is 0 Å². The van der Waals surface area contributed by atoms with E-state index >= 15 is 0 Å². The zero-order chi connectivity index (χ0) is 14.9. The van der Waals surface area contributed by atoms with Crippen molar-refractivity contribution in [1.29, 1.82) is 0 Å². The fraction of sp³-hybridized carbons (Fsp3) is 0.538. The van der Waals surface area contributed by atoms with Crippen LogP contribution in [0.15, 0.2) is 12.1 Å². The minimum Gasteiger partial charge on any atom is -0.478 e. The van der Waals surface area contributed by atoms with Crippen molar-refractivity contribution in [2.45, 2.75) is 25.9 Å². The number of rotatable bonds is 2. The first-order chi connectivity index (χ1) is 9.29. The van der Waals surface area contributed by atoms with Gasteiger partial charge in [-0.2, -0.15) is 13.2 Å². The Labute approximate surface area is 114 Å². The number of piperidine rings is 1. The SMILES string of the molecule is CC1CCN(c2ccc(C(=O)O)c(C(F)(F)F)n2)CC1. The molecule has 0 aromatic carbocycles. The van der Waals surface area contributed by atoms with Crippen molar-refractivity contribution in [2.75, 3.05) is 18.0 Å². The predicted molar refractivity (Wildman–Crippen MR) is 66.8 cm³/mol. The molecule has 0 unspecified atom stereocenters. The Hall–Kier alpha value is -1.79. The quantitative estimate of drug-likeness (QED) is 0.908. The molecule has 1 aliphatic rings. The van der Waals surface area contributed by atoms with Gasteiger partial charge in [-0.3, -0.25) is 0 Å². The lowest BCUT2D eigenvalue weighted by Gasteiger charge is -2.31. The van der Waals surface area contributed by atoms with Crippen LogP contribution in [0.2, 0.25) is 0 Å². The molecule has 20 heavy (non-hydrogen) atoms. The topological polar surface area (TPSA) is 53.4 Å². The van der Waals surface area contributed by atoms with Gasteiger partial charge < -0.3 is 10.0 Å². The Balaban J connectivity index is 2.35. The molecule has 0 spiro atoms. The molecule has 1 saturated heterocycles. The van der Waals surface area contributed by atoms with Gasteiger partial charge in [0.1, 0.15) is 5.82 Å². The summed E-state index contributed by atoms with van der Waals surface area (Å²) in [5.41, 5.74) is -2.15. The van der Waals surface area contributed by atoms with Gasteiger partial charge in [-0.25, -0.2) is 9.78 Å². The van der Waals surface area contributed by atoms with Crippen LogP contribution in [0.25, 0.3) is 0 Å². The van der Waals surface area contributed by atoms with Gasteiger partial charge in [0.25, 0.3) is 0 Å². The molecule has 0 radical (unpaired) electrons. The molecule has 7 heteroatoms. The number of halogens is 3. The third-order valence-corrected chi connectivity index (χ3v) is 3.49. The lowest BCUT2D eigenvalue weighted by molar-refractivity contribution is -0.141. The van der Waals surface area contributed by atoms with Gasteiger partial charge in [0.15, 0.2) is 5.69 Å². The Bertz CT molecular complexity index is 509. The number of carboxylic acid groups (broad SMARTS) is 1. The first kappa shape index (κ1) is 14.6. The van der Waals surface area contributed by atoms with E-state index in [1.807, 2.05) is 0 Å². The molecule has 0 saturated carbocycles. The molecular formula is C13H15F3N2O2. The van der Waals surface area contributed by atoms with Crippen LogP contribution < -0.4 is 4.90 Å². The molecule has 1 N–H and O–H groups in total. The van der Waals surface area contributed by atoms with Crippen molar-refractivity contribution >= 4 is 11.8 Å². The number of pyridine rings is 1. The highest BCUT2D eigenvalue weighted by molar-refractivity contribution is 5.89. The van der Waals surface area contributed by atoms with E-state index in [-0.39, 0.29) is 5.82 Å². The molecular weight excluding hydrogens is 273 g/mol. The van der Waals surface area contributed by atoms with Crippen molar-refractivity contribution in [3.63, 3.8) is 0 Å². The van der Waals surface area contributed by atoms with E-state index in [9.17, 15) is 18.0 Å². The third-order valence-electron chi connectivity index (χ3n) is 3.49. The fourth-order valence-electron chi connectivity index (χ4n) is 2.25. The number of aromatic carboxylic acids is 1. The van der Waals surface area contributed by atoms with Crippen molar-refractivity contribution in [3.8, 4) is 0 Å². The number of carboxylic acids is 1. The van der Waals surface area contributed by atoms with Crippen LogP contribution in [0.3, 0.4) is 0 Å². The molecule has 1 fully saturated rings. The zero-order valence-electron chi connectivity index (χ0n) is 10.9. The second-order valence-corrected chi connectivity index (χ2v) is 5.04. The number of hydrogen-bond acceptors (Lipinski definition) is 3. The molecule has 0 bridgehead atoms. The molecule has 0 amide bonds. The van der Waals surface area contributed by atoms with Gasteiger partial charge in [-0.1, -0.05) is 6.92 Å². The maximum atomic E-state index is 12.9. The normalized spacial score (nSPS) is 17.3. The van der Waals surface area contributed by atoms with Gasteiger partial charge in [0.05, 0.1) is 5.56 Å². The monoisotopic (exact) mass is 288 g/mol. The average molecular weight is 288 g/mol. The molecule has 2 rings (SSSR count). The van der Waals surface area contributed by atoms with E-state index in [1.165, 1.54) is 6.07 Å². The van der Waals surface area contributed by atoms with Crippen LogP contribution in [0.1, 0.15) is 35.8 Å². The third kappa shape index (κ3) is 3.02. The van der Waals surface area contributed by atoms with E-state index in [1.54, 1.807) is 4.90 Å². The number of aromatic nitrogens is 1. The summed E-state index contributed by atoms with van der Waals surface area (Å²) in [7, 11) is 0. The summed E-state index contributed by atoms with van der Waals surface area (Å²) in [6.45, 7) is 3.37. The molecule has 0 aliphatic carbocycles. The summed E-state index contributed by atoms with van der Waals surface area (Å²) in [5.74, 6) is -0.885. The highest BCUT2D eigenvalue weighted by atomic mass is 19.4. The zero-order valence-corrected chi connectivity index (χ0v) is 10.9. The Morgan fingerprint density at radius 3 is 2.45 bits per heavy atom. The second-order valence-electron chi connectivity index (χ2n) is 5.04. The van der Waals surface area contributed by atoms with Gasteiger partial charge in [0, 0.05) is 13.1 Å². The largest absolute Gasteiger partial charge is 0.478 e. The smallest absolute Gasteiger partial charge is 0.434 e. The summed E-state index contributed by atoms with van der Waals surface area (Å²) in [5, 5.41) is 8.81. The molecule has 1 aromatic heterocycles. The lowest BCUT2D eigenvalue weighted by atomic mass is 9.99. The first-order valence-corrected chi connectivity index (χ1v) is 6.35. The summed E-state index contributed by atoms with van der Waals surface area (Å²) < 4.78 is 38.6. The van der Waals surface area contributed by atoms with Crippen LogP contribution in [-0.4, -0.2) is 29.1 Å². The second kappa shape index (κ2) is 5.30. The van der Waals surface area contributed by atoms with Crippen molar-refractivity contribution in [3.05, 3.63) is 23.4 Å². The number of carbonyl (C=O) groups is 1. The molecule has 1 aromatic rings. The Kier molecular flexibility index (Phi) is 3.87.